The summed E-state index contributed by atoms with van der Waals surface area (Å²) >= 11 is 0. The van der Waals surface area contributed by atoms with Crippen molar-refractivity contribution in [1.82, 2.24) is 0 Å². The van der Waals surface area contributed by atoms with Gasteiger partial charge in [-0.25, -0.2) is 4.18 Å². The van der Waals surface area contributed by atoms with Gasteiger partial charge in [-0.15, -0.1) is 0 Å². The molecule has 2 aliphatic heterocycles. The van der Waals surface area contributed by atoms with E-state index in [2.05, 4.69) is 13.8 Å². The third-order valence-electron chi connectivity index (χ3n) is 8.11. The van der Waals surface area contributed by atoms with E-state index in [-0.39, 0.29) is 55.2 Å². The third kappa shape index (κ3) is 12.3. The SMILES string of the molecule is CC[C@@H]1[C@@H](C)[C@H](OCc2ccc(OC)cc2)C[S+]1C[C@H]1OC(C)(C)O[C@H]([C@H](COCOC)OCOC)C(OCOC)[C@@H]1OS(=O)(=O)O. The van der Waals surface area contributed by atoms with Gasteiger partial charge in [0.25, 0.3) is 0 Å². The molecule has 1 aromatic carbocycles. The quantitative estimate of drug-likeness (QED) is 0.0911. The summed E-state index contributed by atoms with van der Waals surface area (Å²) < 4.78 is 97.8. The summed E-state index contributed by atoms with van der Waals surface area (Å²) in [5.74, 6) is 0.893. The van der Waals surface area contributed by atoms with E-state index in [0.717, 1.165) is 23.5 Å². The maximum atomic E-state index is 12.4. The summed E-state index contributed by atoms with van der Waals surface area (Å²) in [6, 6.07) is 7.77. The number of benzene rings is 1. The molecule has 9 atom stereocenters. The lowest BCUT2D eigenvalue weighted by Gasteiger charge is -2.36. The van der Waals surface area contributed by atoms with E-state index in [0.29, 0.717) is 12.4 Å². The van der Waals surface area contributed by atoms with E-state index in [9.17, 15) is 13.0 Å². The smallest absolute Gasteiger partial charge is 0.397 e. The zero-order valence-corrected chi connectivity index (χ0v) is 30.3. The normalized spacial score (nSPS) is 30.2. The first-order chi connectivity index (χ1) is 22.4. The van der Waals surface area contributed by atoms with Crippen LogP contribution in [0.3, 0.4) is 0 Å². The summed E-state index contributed by atoms with van der Waals surface area (Å²) in [4.78, 5) is 0. The van der Waals surface area contributed by atoms with Crippen LogP contribution in [0.4, 0.5) is 0 Å². The Labute approximate surface area is 282 Å². The maximum Gasteiger partial charge on any atom is 0.397 e. The van der Waals surface area contributed by atoms with Crippen LogP contribution in [0, 0.1) is 5.92 Å². The molecule has 2 unspecified atom stereocenters. The van der Waals surface area contributed by atoms with E-state index in [1.807, 2.05) is 24.3 Å². The molecule has 47 heavy (non-hydrogen) atoms. The second-order valence-electron chi connectivity index (χ2n) is 11.9. The second kappa shape index (κ2) is 19.3. The van der Waals surface area contributed by atoms with E-state index in [1.165, 1.54) is 21.3 Å². The van der Waals surface area contributed by atoms with E-state index >= 15 is 0 Å². The maximum absolute atomic E-state index is 12.4. The average Bonchev–Trinajstić information content (AvgIpc) is 3.27. The summed E-state index contributed by atoms with van der Waals surface area (Å²) in [5.41, 5.74) is 1.04. The fraction of sp³-hybridized carbons (Fsp3) is 0.806. The lowest BCUT2D eigenvalue weighted by molar-refractivity contribution is -0.276. The first kappa shape index (κ1) is 40.3. The molecular weight excluding hydrogens is 660 g/mol. The first-order valence-corrected chi connectivity index (χ1v) is 18.5. The molecule has 0 bridgehead atoms. The summed E-state index contributed by atoms with van der Waals surface area (Å²) in [5, 5.41) is 0.271. The van der Waals surface area contributed by atoms with Crippen LogP contribution in [0.5, 0.6) is 5.75 Å². The van der Waals surface area contributed by atoms with Crippen LogP contribution in [-0.2, 0) is 74.7 Å². The van der Waals surface area contributed by atoms with Crippen molar-refractivity contribution in [1.29, 1.82) is 0 Å². The molecule has 3 rings (SSSR count). The van der Waals surface area contributed by atoms with Crippen molar-refractivity contribution >= 4 is 21.3 Å². The second-order valence-corrected chi connectivity index (χ2v) is 15.3. The monoisotopic (exact) mass is 713 g/mol. The lowest BCUT2D eigenvalue weighted by atomic mass is 9.99. The van der Waals surface area contributed by atoms with Crippen molar-refractivity contribution in [2.24, 2.45) is 5.92 Å². The highest BCUT2D eigenvalue weighted by molar-refractivity contribution is 7.97. The van der Waals surface area contributed by atoms with Crippen molar-refractivity contribution in [3.8, 4) is 5.75 Å². The van der Waals surface area contributed by atoms with Crippen molar-refractivity contribution in [2.75, 3.05) is 66.9 Å². The van der Waals surface area contributed by atoms with Crippen LogP contribution >= 0.6 is 0 Å². The molecule has 0 aromatic heterocycles. The van der Waals surface area contributed by atoms with Crippen LogP contribution in [0.15, 0.2) is 24.3 Å². The molecule has 272 valence electrons. The Hall–Kier alpha value is -1.12. The van der Waals surface area contributed by atoms with Gasteiger partial charge in [-0.2, -0.15) is 8.42 Å². The van der Waals surface area contributed by atoms with Gasteiger partial charge >= 0.3 is 10.4 Å². The molecule has 0 radical (unpaired) electrons. The van der Waals surface area contributed by atoms with Crippen LogP contribution in [0.2, 0.25) is 0 Å². The highest BCUT2D eigenvalue weighted by Crippen LogP contribution is 2.38. The number of hydrogen-bond acceptors (Lipinski definition) is 13. The van der Waals surface area contributed by atoms with Crippen LogP contribution in [-0.4, -0.2) is 128 Å². The summed E-state index contributed by atoms with van der Waals surface area (Å²) in [7, 11) is 0.747. The van der Waals surface area contributed by atoms with Gasteiger partial charge in [-0.05, 0) is 48.9 Å². The van der Waals surface area contributed by atoms with Crippen LogP contribution in [0.1, 0.15) is 39.7 Å². The van der Waals surface area contributed by atoms with Crippen molar-refractivity contribution in [3.63, 3.8) is 0 Å². The Kier molecular flexibility index (Phi) is 16.6. The molecule has 0 amide bonds. The molecule has 0 spiro atoms. The topological polar surface area (TPSA) is 156 Å². The standard InChI is InChI=1S/C31H52O14S2/c1-9-27-21(2)25(40-14-22-10-12-23(38-8)13-11-22)16-46(27)17-26-29(45-47(32,33)34)30(42-20-37-7)28(44-31(3,4)43-26)24(41-19-36-6)15-39-18-35-5/h10-13,21,24-30H,9,14-20H2,1-8H3/p+1/t21-,24-,25+,26+,27+,28+,29+,30?,46?/m0/s1. The van der Waals surface area contributed by atoms with E-state index in [4.69, 9.17) is 51.6 Å². The van der Waals surface area contributed by atoms with E-state index in [1.54, 1.807) is 21.0 Å². The van der Waals surface area contributed by atoms with Crippen molar-refractivity contribution < 1.29 is 64.5 Å². The minimum absolute atomic E-state index is 0.0267. The lowest BCUT2D eigenvalue weighted by Crippen LogP contribution is -2.54. The van der Waals surface area contributed by atoms with Gasteiger partial charge in [-0.1, -0.05) is 26.0 Å². The predicted molar refractivity (Wildman–Crippen MR) is 173 cm³/mol. The zero-order valence-electron chi connectivity index (χ0n) is 28.7. The number of hydrogen-bond donors (Lipinski definition) is 1. The molecule has 16 heteroatoms. The number of methoxy groups -OCH3 is 4. The van der Waals surface area contributed by atoms with Crippen molar-refractivity contribution in [2.45, 2.75) is 88.4 Å². The van der Waals surface area contributed by atoms with Gasteiger partial charge in [0.15, 0.2) is 5.79 Å². The summed E-state index contributed by atoms with van der Waals surface area (Å²) in [6.45, 7) is 7.80. The Morgan fingerprint density at radius 3 is 2.26 bits per heavy atom. The third-order valence-corrected chi connectivity index (χ3v) is 11.7. The average molecular weight is 714 g/mol. The Morgan fingerprint density at radius 2 is 1.66 bits per heavy atom. The molecule has 2 saturated heterocycles. The van der Waals surface area contributed by atoms with Crippen molar-refractivity contribution in [3.05, 3.63) is 29.8 Å². The zero-order chi connectivity index (χ0) is 34.6. The molecule has 1 N–H and O–H groups in total. The number of rotatable bonds is 20. The molecule has 2 fully saturated rings. The Balaban J connectivity index is 1.93. The minimum Gasteiger partial charge on any atom is -0.497 e. The van der Waals surface area contributed by atoms with Crippen LogP contribution in [0.25, 0.3) is 0 Å². The minimum atomic E-state index is -4.98. The molecule has 2 heterocycles. The Morgan fingerprint density at radius 1 is 0.979 bits per heavy atom. The fourth-order valence-electron chi connectivity index (χ4n) is 6.07. The van der Waals surface area contributed by atoms with Gasteiger partial charge in [0.05, 0.1) is 20.3 Å². The van der Waals surface area contributed by atoms with Gasteiger partial charge in [0.2, 0.25) is 0 Å². The molecule has 0 aliphatic carbocycles. The molecular formula is C31H53O14S2+. The van der Waals surface area contributed by atoms with Gasteiger partial charge < -0.3 is 47.4 Å². The predicted octanol–water partition coefficient (Wildman–Crippen LogP) is 2.93. The van der Waals surface area contributed by atoms with Crippen LogP contribution < -0.4 is 4.74 Å². The molecule has 14 nitrogen and oxygen atoms in total. The van der Waals surface area contributed by atoms with Gasteiger partial charge in [-0.3, -0.25) is 4.55 Å². The first-order valence-electron chi connectivity index (χ1n) is 15.6. The Bertz CT molecular complexity index is 1140. The fourth-order valence-corrected chi connectivity index (χ4v) is 9.97. The largest absolute Gasteiger partial charge is 0.497 e. The number of ether oxygens (including phenoxy) is 10. The van der Waals surface area contributed by atoms with E-state index < -0.39 is 46.7 Å². The molecule has 0 saturated carbocycles. The highest BCUT2D eigenvalue weighted by Gasteiger charge is 2.56. The molecule has 2 aliphatic rings. The van der Waals surface area contributed by atoms with Gasteiger partial charge in [0.1, 0.15) is 79.5 Å². The highest BCUT2D eigenvalue weighted by atomic mass is 32.3. The van der Waals surface area contributed by atoms with Gasteiger partial charge in [0, 0.05) is 27.2 Å². The molecule has 1 aromatic rings. The summed E-state index contributed by atoms with van der Waals surface area (Å²) in [6.07, 6.45) is -4.39.